The molecule has 0 aliphatic heterocycles. The molecule has 2 N–H and O–H groups in total. The van der Waals surface area contributed by atoms with Crippen molar-refractivity contribution in [3.63, 3.8) is 0 Å². The molecular formula is C10H11Cl3F3N. The van der Waals surface area contributed by atoms with Crippen molar-refractivity contribution in [1.82, 2.24) is 0 Å². The van der Waals surface area contributed by atoms with Gasteiger partial charge in [-0.1, -0.05) is 29.3 Å². The average Bonchev–Trinajstić information content (AvgIpc) is 2.15. The van der Waals surface area contributed by atoms with Crippen molar-refractivity contribution in [2.45, 2.75) is 25.1 Å². The zero-order valence-corrected chi connectivity index (χ0v) is 10.9. The predicted octanol–water partition coefficient (Wildman–Crippen LogP) is 4.24. The number of hydrogen-bond donors (Lipinski definition) is 1. The Morgan fingerprint density at radius 2 is 1.65 bits per heavy atom. The van der Waals surface area contributed by atoms with Gasteiger partial charge in [0.25, 0.3) is 0 Å². The molecule has 0 aliphatic rings. The lowest BCUT2D eigenvalue weighted by molar-refractivity contribution is -0.148. The Morgan fingerprint density at radius 1 is 1.18 bits per heavy atom. The van der Waals surface area contributed by atoms with Gasteiger partial charge in [0.05, 0.1) is 0 Å². The van der Waals surface area contributed by atoms with E-state index in [1.54, 1.807) is 18.2 Å². The summed E-state index contributed by atoms with van der Waals surface area (Å²) in [6.07, 6.45) is -4.50. The molecule has 0 spiro atoms. The Kier molecular flexibility index (Phi) is 6.62. The summed E-state index contributed by atoms with van der Waals surface area (Å²) in [7, 11) is 0. The van der Waals surface area contributed by atoms with Crippen LogP contribution in [-0.4, -0.2) is 12.2 Å². The number of hydrogen-bond acceptors (Lipinski definition) is 1. The third kappa shape index (κ3) is 4.92. The van der Waals surface area contributed by atoms with Gasteiger partial charge in [-0.2, -0.15) is 13.2 Å². The molecule has 98 valence electrons. The van der Waals surface area contributed by atoms with E-state index in [9.17, 15) is 13.2 Å². The van der Waals surface area contributed by atoms with Gasteiger partial charge < -0.3 is 5.73 Å². The first-order valence-electron chi connectivity index (χ1n) is 4.57. The van der Waals surface area contributed by atoms with Gasteiger partial charge in [-0.25, -0.2) is 0 Å². The minimum atomic E-state index is -4.38. The second-order valence-corrected chi connectivity index (χ2v) is 4.20. The molecule has 0 radical (unpaired) electrons. The standard InChI is InChI=1S/C10H10Cl2F3N.ClH/c11-7-2-1-3-8(12)6(7)4-5-9(16)10(13,14)15;/h1-3,9H,4-5,16H2;1H. The summed E-state index contributed by atoms with van der Waals surface area (Å²) in [5.41, 5.74) is 5.49. The molecule has 17 heavy (non-hydrogen) atoms. The van der Waals surface area contributed by atoms with Crippen LogP contribution in [0.1, 0.15) is 12.0 Å². The average molecular weight is 309 g/mol. The topological polar surface area (TPSA) is 26.0 Å². The van der Waals surface area contributed by atoms with Gasteiger partial charge in [-0.05, 0) is 30.5 Å². The zero-order chi connectivity index (χ0) is 12.3. The van der Waals surface area contributed by atoms with Crippen molar-refractivity contribution in [2.75, 3.05) is 0 Å². The number of benzene rings is 1. The van der Waals surface area contributed by atoms with E-state index in [2.05, 4.69) is 0 Å². The predicted molar refractivity (Wildman–Crippen MR) is 66.1 cm³/mol. The van der Waals surface area contributed by atoms with E-state index >= 15 is 0 Å². The van der Waals surface area contributed by atoms with Crippen molar-refractivity contribution in [2.24, 2.45) is 5.73 Å². The Morgan fingerprint density at radius 3 is 2.06 bits per heavy atom. The molecule has 0 aromatic heterocycles. The van der Waals surface area contributed by atoms with Gasteiger partial charge in [-0.15, -0.1) is 12.4 Å². The summed E-state index contributed by atoms with van der Waals surface area (Å²) in [6.45, 7) is 0. The highest BCUT2D eigenvalue weighted by Gasteiger charge is 2.36. The van der Waals surface area contributed by atoms with Crippen LogP contribution in [0.2, 0.25) is 10.0 Å². The maximum Gasteiger partial charge on any atom is 0.403 e. The molecule has 1 rings (SSSR count). The largest absolute Gasteiger partial charge is 0.403 e. The minimum Gasteiger partial charge on any atom is -0.320 e. The first-order chi connectivity index (χ1) is 7.32. The van der Waals surface area contributed by atoms with Crippen LogP contribution >= 0.6 is 35.6 Å². The highest BCUT2D eigenvalue weighted by atomic mass is 35.5. The number of nitrogens with two attached hydrogens (primary N) is 1. The highest BCUT2D eigenvalue weighted by molar-refractivity contribution is 6.35. The number of halogens is 6. The third-order valence-electron chi connectivity index (χ3n) is 2.19. The molecule has 1 unspecified atom stereocenters. The monoisotopic (exact) mass is 307 g/mol. The summed E-state index contributed by atoms with van der Waals surface area (Å²) in [4.78, 5) is 0. The maximum atomic E-state index is 12.2. The van der Waals surface area contributed by atoms with E-state index in [0.29, 0.717) is 15.6 Å². The zero-order valence-electron chi connectivity index (χ0n) is 8.60. The fourth-order valence-electron chi connectivity index (χ4n) is 1.23. The summed E-state index contributed by atoms with van der Waals surface area (Å²) in [5, 5.41) is 0.726. The normalized spacial score (nSPS) is 13.1. The third-order valence-corrected chi connectivity index (χ3v) is 2.90. The molecule has 7 heteroatoms. The lowest BCUT2D eigenvalue weighted by Gasteiger charge is -2.16. The van der Waals surface area contributed by atoms with Gasteiger partial charge in [0, 0.05) is 10.0 Å². The lowest BCUT2D eigenvalue weighted by atomic mass is 10.1. The number of rotatable bonds is 3. The van der Waals surface area contributed by atoms with Crippen LogP contribution in [0.25, 0.3) is 0 Å². The SMILES string of the molecule is Cl.NC(CCc1c(Cl)cccc1Cl)C(F)(F)F. The van der Waals surface area contributed by atoms with Crippen molar-refractivity contribution >= 4 is 35.6 Å². The Balaban J connectivity index is 0.00000256. The summed E-state index contributed by atoms with van der Waals surface area (Å²) in [6, 6.07) is 2.96. The van der Waals surface area contributed by atoms with Crippen LogP contribution in [0.5, 0.6) is 0 Å². The lowest BCUT2D eigenvalue weighted by Crippen LogP contribution is -2.37. The van der Waals surface area contributed by atoms with Crippen LogP contribution in [0.4, 0.5) is 13.2 Å². The van der Waals surface area contributed by atoms with E-state index < -0.39 is 12.2 Å². The van der Waals surface area contributed by atoms with Crippen molar-refractivity contribution in [3.05, 3.63) is 33.8 Å². The molecule has 1 aromatic rings. The fourth-order valence-corrected chi connectivity index (χ4v) is 1.82. The molecule has 0 fully saturated rings. The quantitative estimate of drug-likeness (QED) is 0.888. The first kappa shape index (κ1) is 16.8. The van der Waals surface area contributed by atoms with Crippen molar-refractivity contribution in [1.29, 1.82) is 0 Å². The summed E-state index contributed by atoms with van der Waals surface area (Å²) < 4.78 is 36.5. The van der Waals surface area contributed by atoms with Crippen LogP contribution in [0, 0.1) is 0 Å². The summed E-state index contributed by atoms with van der Waals surface area (Å²) in [5.74, 6) is 0. The van der Waals surface area contributed by atoms with Gasteiger partial charge in [0.1, 0.15) is 6.04 Å². The van der Waals surface area contributed by atoms with Crippen LogP contribution < -0.4 is 5.73 Å². The molecule has 0 saturated carbocycles. The van der Waals surface area contributed by atoms with E-state index in [0.717, 1.165) is 0 Å². The van der Waals surface area contributed by atoms with E-state index in [4.69, 9.17) is 28.9 Å². The van der Waals surface area contributed by atoms with E-state index in [-0.39, 0.29) is 25.2 Å². The molecule has 0 aliphatic carbocycles. The molecule has 0 heterocycles. The van der Waals surface area contributed by atoms with Crippen LogP contribution in [0.3, 0.4) is 0 Å². The van der Waals surface area contributed by atoms with Crippen molar-refractivity contribution < 1.29 is 13.2 Å². The summed E-state index contributed by atoms with van der Waals surface area (Å²) >= 11 is 11.6. The van der Waals surface area contributed by atoms with Gasteiger partial charge in [-0.3, -0.25) is 0 Å². The smallest absolute Gasteiger partial charge is 0.320 e. The van der Waals surface area contributed by atoms with Gasteiger partial charge >= 0.3 is 6.18 Å². The fraction of sp³-hybridized carbons (Fsp3) is 0.400. The van der Waals surface area contributed by atoms with Crippen molar-refractivity contribution in [3.8, 4) is 0 Å². The molecule has 1 aromatic carbocycles. The molecular weight excluding hydrogens is 297 g/mol. The molecule has 0 saturated heterocycles. The maximum absolute atomic E-state index is 12.2. The van der Waals surface area contributed by atoms with Gasteiger partial charge in [0.15, 0.2) is 0 Å². The Hall–Kier alpha value is -0.160. The molecule has 1 atom stereocenters. The molecule has 0 amide bonds. The molecule has 0 bridgehead atoms. The minimum absolute atomic E-state index is 0. The Bertz CT molecular complexity index is 348. The second kappa shape index (κ2) is 6.69. The first-order valence-corrected chi connectivity index (χ1v) is 5.33. The molecule has 1 nitrogen and oxygen atoms in total. The second-order valence-electron chi connectivity index (χ2n) is 3.39. The Labute approximate surface area is 113 Å². The van der Waals surface area contributed by atoms with E-state index in [1.807, 2.05) is 0 Å². The van der Waals surface area contributed by atoms with E-state index in [1.165, 1.54) is 0 Å². The number of alkyl halides is 3. The van der Waals surface area contributed by atoms with Crippen LogP contribution in [0.15, 0.2) is 18.2 Å². The van der Waals surface area contributed by atoms with Crippen LogP contribution in [-0.2, 0) is 6.42 Å². The van der Waals surface area contributed by atoms with Gasteiger partial charge in [0.2, 0.25) is 0 Å². The highest BCUT2D eigenvalue weighted by Crippen LogP contribution is 2.28.